The Bertz CT molecular complexity index is 1170. The molecule has 33 heavy (non-hydrogen) atoms. The molecule has 1 aliphatic rings. The number of carboxylic acids is 1. The molecular formula is C26H24ClNO5. The first-order valence-electron chi connectivity index (χ1n) is 10.8. The Hall–Kier alpha value is -3.51. The summed E-state index contributed by atoms with van der Waals surface area (Å²) in [4.78, 5) is 26.4. The number of aromatic carboxylic acids is 1. The maximum Gasteiger partial charge on any atom is 0.335 e. The molecule has 0 radical (unpaired) electrons. The van der Waals surface area contributed by atoms with Gasteiger partial charge in [-0.2, -0.15) is 0 Å². The predicted molar refractivity (Wildman–Crippen MR) is 127 cm³/mol. The van der Waals surface area contributed by atoms with Crippen molar-refractivity contribution in [2.75, 3.05) is 18.1 Å². The second kappa shape index (κ2) is 9.55. The normalized spacial score (nSPS) is 15.2. The standard InChI is InChI=1S/C26H24ClNO5/c1-3-32-22-13-18-14-24(29)28(20-11-7-17(8-12-20)26(30)31)25(16-5-9-19(27)10-6-16)21(18)15-23(22)33-4-2/h5-13,15,25H,3-4,14H2,1-2H3,(H,30,31)/t25-/m1/s1. The number of amides is 1. The van der Waals surface area contributed by atoms with E-state index in [1.54, 1.807) is 29.2 Å². The van der Waals surface area contributed by atoms with Gasteiger partial charge in [0, 0.05) is 10.7 Å². The highest BCUT2D eigenvalue weighted by Crippen LogP contribution is 2.43. The molecule has 0 saturated carbocycles. The Morgan fingerprint density at radius 3 is 2.18 bits per heavy atom. The Balaban J connectivity index is 1.89. The van der Waals surface area contributed by atoms with Gasteiger partial charge in [0.25, 0.3) is 0 Å². The van der Waals surface area contributed by atoms with Gasteiger partial charge in [0.1, 0.15) is 0 Å². The van der Waals surface area contributed by atoms with Crippen molar-refractivity contribution in [2.24, 2.45) is 0 Å². The van der Waals surface area contributed by atoms with Crippen LogP contribution in [0.2, 0.25) is 5.02 Å². The van der Waals surface area contributed by atoms with E-state index < -0.39 is 12.0 Å². The molecule has 0 bridgehead atoms. The lowest BCUT2D eigenvalue weighted by Gasteiger charge is -2.38. The largest absolute Gasteiger partial charge is 0.490 e. The third-order valence-electron chi connectivity index (χ3n) is 5.55. The summed E-state index contributed by atoms with van der Waals surface area (Å²) in [6.07, 6.45) is 0.187. The van der Waals surface area contributed by atoms with Crippen molar-refractivity contribution in [3.8, 4) is 11.5 Å². The van der Waals surface area contributed by atoms with Crippen molar-refractivity contribution >= 4 is 29.2 Å². The lowest BCUT2D eigenvalue weighted by atomic mass is 9.86. The van der Waals surface area contributed by atoms with Crippen LogP contribution < -0.4 is 14.4 Å². The number of anilines is 1. The first-order valence-corrected chi connectivity index (χ1v) is 11.1. The van der Waals surface area contributed by atoms with E-state index in [1.165, 1.54) is 12.1 Å². The molecule has 3 aromatic carbocycles. The maximum atomic E-state index is 13.4. The SMILES string of the molecule is CCOc1cc2c(cc1OCC)[C@@H](c1ccc(Cl)cc1)N(c1ccc(C(=O)O)cc1)C(=O)C2. The van der Waals surface area contributed by atoms with Crippen LogP contribution in [0.3, 0.4) is 0 Å². The topological polar surface area (TPSA) is 76.1 Å². The van der Waals surface area contributed by atoms with Crippen LogP contribution in [0.5, 0.6) is 11.5 Å². The molecule has 0 saturated heterocycles. The summed E-state index contributed by atoms with van der Waals surface area (Å²) in [5.74, 6) is 0.112. The van der Waals surface area contributed by atoms with Crippen LogP contribution in [0.15, 0.2) is 60.7 Å². The minimum Gasteiger partial charge on any atom is -0.490 e. The molecule has 0 spiro atoms. The van der Waals surface area contributed by atoms with E-state index in [-0.39, 0.29) is 17.9 Å². The zero-order valence-electron chi connectivity index (χ0n) is 18.4. The number of hydrogen-bond donors (Lipinski definition) is 1. The van der Waals surface area contributed by atoms with E-state index in [0.717, 1.165) is 16.7 Å². The molecule has 170 valence electrons. The number of benzene rings is 3. The molecule has 3 aromatic rings. The third kappa shape index (κ3) is 4.52. The van der Waals surface area contributed by atoms with Crippen LogP contribution >= 0.6 is 11.6 Å². The minimum absolute atomic E-state index is 0.0999. The summed E-state index contributed by atoms with van der Waals surface area (Å²) >= 11 is 6.13. The van der Waals surface area contributed by atoms with Crippen molar-refractivity contribution in [3.63, 3.8) is 0 Å². The fourth-order valence-corrected chi connectivity index (χ4v) is 4.25. The second-order valence-corrected chi connectivity index (χ2v) is 8.05. The fourth-order valence-electron chi connectivity index (χ4n) is 4.12. The first kappa shape index (κ1) is 22.7. The summed E-state index contributed by atoms with van der Waals surface area (Å²) in [7, 11) is 0. The van der Waals surface area contributed by atoms with Gasteiger partial charge >= 0.3 is 5.97 Å². The third-order valence-corrected chi connectivity index (χ3v) is 5.80. The minimum atomic E-state index is -1.02. The van der Waals surface area contributed by atoms with Crippen LogP contribution in [-0.2, 0) is 11.2 Å². The Morgan fingerprint density at radius 1 is 1.00 bits per heavy atom. The highest BCUT2D eigenvalue weighted by molar-refractivity contribution is 6.30. The highest BCUT2D eigenvalue weighted by Gasteiger charge is 2.36. The lowest BCUT2D eigenvalue weighted by Crippen LogP contribution is -2.41. The molecular weight excluding hydrogens is 442 g/mol. The molecule has 1 heterocycles. The summed E-state index contributed by atoms with van der Waals surface area (Å²) < 4.78 is 11.6. The van der Waals surface area contributed by atoms with E-state index in [4.69, 9.17) is 21.1 Å². The number of fused-ring (bicyclic) bond motifs is 1. The number of halogens is 1. The van der Waals surface area contributed by atoms with Crippen LogP contribution in [0, 0.1) is 0 Å². The van der Waals surface area contributed by atoms with Gasteiger partial charge in [-0.15, -0.1) is 0 Å². The molecule has 0 aliphatic carbocycles. The number of carboxylic acid groups (broad SMARTS) is 1. The summed E-state index contributed by atoms with van der Waals surface area (Å²) in [6.45, 7) is 4.77. The average molecular weight is 466 g/mol. The monoisotopic (exact) mass is 465 g/mol. The van der Waals surface area contributed by atoms with Crippen molar-refractivity contribution in [2.45, 2.75) is 26.3 Å². The van der Waals surface area contributed by atoms with Gasteiger partial charge in [0.15, 0.2) is 11.5 Å². The van der Waals surface area contributed by atoms with E-state index in [1.807, 2.05) is 38.1 Å². The van der Waals surface area contributed by atoms with Gasteiger partial charge in [-0.3, -0.25) is 4.79 Å². The van der Waals surface area contributed by atoms with Crippen molar-refractivity contribution in [1.82, 2.24) is 0 Å². The number of carbonyl (C=O) groups is 2. The Labute approximate surface area is 197 Å². The summed E-state index contributed by atoms with van der Waals surface area (Å²) in [6, 6.07) is 17.1. The van der Waals surface area contributed by atoms with Gasteiger partial charge in [0.05, 0.1) is 31.2 Å². The Kier molecular flexibility index (Phi) is 6.56. The van der Waals surface area contributed by atoms with Crippen molar-refractivity contribution < 1.29 is 24.2 Å². The van der Waals surface area contributed by atoms with Crippen molar-refractivity contribution in [1.29, 1.82) is 0 Å². The summed E-state index contributed by atoms with van der Waals surface area (Å²) in [5, 5.41) is 9.85. The zero-order chi connectivity index (χ0) is 23.5. The molecule has 0 aromatic heterocycles. The Morgan fingerprint density at radius 2 is 1.61 bits per heavy atom. The van der Waals surface area contributed by atoms with Gasteiger partial charge in [-0.05, 0) is 79.1 Å². The second-order valence-electron chi connectivity index (χ2n) is 7.61. The summed E-state index contributed by atoms with van der Waals surface area (Å²) in [5.41, 5.74) is 3.44. The molecule has 4 rings (SSSR count). The van der Waals surface area contributed by atoms with Gasteiger partial charge in [-0.1, -0.05) is 23.7 Å². The molecule has 1 amide bonds. The molecule has 1 atom stereocenters. The quantitative estimate of drug-likeness (QED) is 0.497. The maximum absolute atomic E-state index is 13.4. The van der Waals surface area contributed by atoms with Crippen LogP contribution in [0.1, 0.15) is 46.9 Å². The van der Waals surface area contributed by atoms with Crippen LogP contribution in [0.4, 0.5) is 5.69 Å². The molecule has 7 heteroatoms. The van der Waals surface area contributed by atoms with Crippen LogP contribution in [0.25, 0.3) is 0 Å². The number of nitrogens with zero attached hydrogens (tertiary/aromatic N) is 1. The van der Waals surface area contributed by atoms with E-state index in [0.29, 0.717) is 35.4 Å². The zero-order valence-corrected chi connectivity index (χ0v) is 19.1. The molecule has 0 fully saturated rings. The average Bonchev–Trinajstić information content (AvgIpc) is 2.80. The molecule has 1 aliphatic heterocycles. The lowest BCUT2D eigenvalue weighted by molar-refractivity contribution is -0.118. The number of hydrogen-bond acceptors (Lipinski definition) is 4. The van der Waals surface area contributed by atoms with E-state index in [9.17, 15) is 14.7 Å². The smallest absolute Gasteiger partial charge is 0.335 e. The number of carbonyl (C=O) groups excluding carboxylic acids is 1. The number of ether oxygens (including phenoxy) is 2. The van der Waals surface area contributed by atoms with Gasteiger partial charge in [0.2, 0.25) is 5.91 Å². The van der Waals surface area contributed by atoms with Gasteiger partial charge in [-0.25, -0.2) is 4.79 Å². The van der Waals surface area contributed by atoms with Gasteiger partial charge < -0.3 is 19.5 Å². The molecule has 6 nitrogen and oxygen atoms in total. The molecule has 0 unspecified atom stereocenters. The highest BCUT2D eigenvalue weighted by atomic mass is 35.5. The van der Waals surface area contributed by atoms with E-state index >= 15 is 0 Å². The fraction of sp³-hybridized carbons (Fsp3) is 0.231. The number of rotatable bonds is 7. The van der Waals surface area contributed by atoms with E-state index in [2.05, 4.69) is 0 Å². The van der Waals surface area contributed by atoms with Crippen molar-refractivity contribution in [3.05, 3.63) is 87.9 Å². The first-order chi connectivity index (χ1) is 15.9. The van der Waals surface area contributed by atoms with Crippen LogP contribution in [-0.4, -0.2) is 30.2 Å². The predicted octanol–water partition coefficient (Wildman–Crippen LogP) is 5.51. The molecule has 1 N–H and O–H groups in total.